The molecule has 0 aliphatic rings. The van der Waals surface area contributed by atoms with Crippen molar-refractivity contribution in [1.82, 2.24) is 5.43 Å². The smallest absolute Gasteiger partial charge is 0.277 e. The standard InChI is InChI=1S/C19H21BrN2O2/c1-13(2)17-9-4-14(3)10-18(17)24-12-19(23)22-21-11-15-5-7-16(20)8-6-15/h4-11,13H,12H2,1-3H3,(H,22,23). The molecule has 1 amide bonds. The largest absolute Gasteiger partial charge is 0.483 e. The van der Waals surface area contributed by atoms with Crippen molar-refractivity contribution in [3.8, 4) is 5.75 Å². The number of ether oxygens (including phenoxy) is 1. The van der Waals surface area contributed by atoms with Crippen molar-refractivity contribution in [1.29, 1.82) is 0 Å². The summed E-state index contributed by atoms with van der Waals surface area (Å²) in [4.78, 5) is 11.9. The minimum atomic E-state index is -0.292. The van der Waals surface area contributed by atoms with E-state index < -0.39 is 0 Å². The number of aryl methyl sites for hydroxylation is 1. The van der Waals surface area contributed by atoms with Gasteiger partial charge in [0.25, 0.3) is 5.91 Å². The molecule has 0 saturated carbocycles. The van der Waals surface area contributed by atoms with E-state index in [1.807, 2.05) is 49.4 Å². The summed E-state index contributed by atoms with van der Waals surface area (Å²) in [5.41, 5.74) is 5.57. The molecule has 2 aromatic rings. The van der Waals surface area contributed by atoms with Gasteiger partial charge in [-0.15, -0.1) is 0 Å². The summed E-state index contributed by atoms with van der Waals surface area (Å²) in [6, 6.07) is 13.7. The molecule has 0 aliphatic heterocycles. The highest BCUT2D eigenvalue weighted by molar-refractivity contribution is 9.10. The Kier molecular flexibility index (Phi) is 6.55. The second-order valence-electron chi connectivity index (χ2n) is 5.83. The van der Waals surface area contributed by atoms with Gasteiger partial charge in [-0.2, -0.15) is 5.10 Å². The lowest BCUT2D eigenvalue weighted by molar-refractivity contribution is -0.123. The Bertz CT molecular complexity index is 725. The minimum Gasteiger partial charge on any atom is -0.483 e. The predicted molar refractivity (Wildman–Crippen MR) is 101 cm³/mol. The fourth-order valence-electron chi connectivity index (χ4n) is 2.15. The molecule has 0 unspecified atom stereocenters. The Balaban J connectivity index is 1.89. The van der Waals surface area contributed by atoms with E-state index in [0.29, 0.717) is 5.92 Å². The molecule has 0 saturated heterocycles. The first-order chi connectivity index (χ1) is 11.5. The van der Waals surface area contributed by atoms with Crippen LogP contribution in [-0.4, -0.2) is 18.7 Å². The van der Waals surface area contributed by atoms with E-state index >= 15 is 0 Å². The fourth-order valence-corrected chi connectivity index (χ4v) is 2.41. The van der Waals surface area contributed by atoms with Crippen LogP contribution < -0.4 is 10.2 Å². The van der Waals surface area contributed by atoms with Gasteiger partial charge in [0, 0.05) is 4.47 Å². The summed E-state index contributed by atoms with van der Waals surface area (Å²) in [5.74, 6) is 0.788. The van der Waals surface area contributed by atoms with Crippen LogP contribution in [0.25, 0.3) is 0 Å². The third-order valence-electron chi connectivity index (χ3n) is 3.42. The van der Waals surface area contributed by atoms with Gasteiger partial charge in [0.05, 0.1) is 6.21 Å². The van der Waals surface area contributed by atoms with Gasteiger partial charge < -0.3 is 4.74 Å². The van der Waals surface area contributed by atoms with Crippen molar-refractivity contribution in [2.45, 2.75) is 26.7 Å². The van der Waals surface area contributed by atoms with Crippen molar-refractivity contribution >= 4 is 28.1 Å². The zero-order chi connectivity index (χ0) is 17.5. The molecule has 24 heavy (non-hydrogen) atoms. The second kappa shape index (κ2) is 8.64. The quantitative estimate of drug-likeness (QED) is 0.588. The number of hydrogen-bond acceptors (Lipinski definition) is 3. The molecule has 0 bridgehead atoms. The summed E-state index contributed by atoms with van der Waals surface area (Å²) in [6.07, 6.45) is 1.59. The van der Waals surface area contributed by atoms with Gasteiger partial charge in [0.15, 0.2) is 6.61 Å². The van der Waals surface area contributed by atoms with Crippen LogP contribution in [0, 0.1) is 6.92 Å². The first-order valence-corrected chi connectivity index (χ1v) is 8.56. The van der Waals surface area contributed by atoms with Gasteiger partial charge in [-0.05, 0) is 47.7 Å². The Morgan fingerprint density at radius 1 is 1.25 bits per heavy atom. The van der Waals surface area contributed by atoms with Crippen LogP contribution in [0.3, 0.4) is 0 Å². The third kappa shape index (κ3) is 5.49. The van der Waals surface area contributed by atoms with E-state index in [2.05, 4.69) is 40.3 Å². The van der Waals surface area contributed by atoms with E-state index in [1.54, 1.807) is 6.21 Å². The summed E-state index contributed by atoms with van der Waals surface area (Å²) in [6.45, 7) is 6.13. The Morgan fingerprint density at radius 2 is 1.96 bits per heavy atom. The van der Waals surface area contributed by atoms with Crippen LogP contribution in [0.2, 0.25) is 0 Å². The first-order valence-electron chi connectivity index (χ1n) is 7.76. The van der Waals surface area contributed by atoms with E-state index in [4.69, 9.17) is 4.74 Å². The number of halogens is 1. The molecule has 0 aromatic heterocycles. The number of carbonyl (C=O) groups is 1. The highest BCUT2D eigenvalue weighted by atomic mass is 79.9. The lowest BCUT2D eigenvalue weighted by atomic mass is 10.0. The average molecular weight is 389 g/mol. The number of amides is 1. The lowest BCUT2D eigenvalue weighted by Crippen LogP contribution is -2.25. The normalized spacial score (nSPS) is 11.0. The summed E-state index contributed by atoms with van der Waals surface area (Å²) >= 11 is 3.37. The van der Waals surface area contributed by atoms with Crippen molar-refractivity contribution < 1.29 is 9.53 Å². The average Bonchev–Trinajstić information content (AvgIpc) is 2.54. The van der Waals surface area contributed by atoms with Crippen molar-refractivity contribution in [2.75, 3.05) is 6.61 Å². The molecular weight excluding hydrogens is 368 g/mol. The maximum absolute atomic E-state index is 11.9. The number of benzene rings is 2. The van der Waals surface area contributed by atoms with Gasteiger partial charge in [0.1, 0.15) is 5.75 Å². The summed E-state index contributed by atoms with van der Waals surface area (Å²) in [5, 5.41) is 3.94. The molecule has 0 atom stereocenters. The maximum atomic E-state index is 11.9. The highest BCUT2D eigenvalue weighted by Crippen LogP contribution is 2.27. The van der Waals surface area contributed by atoms with E-state index in [9.17, 15) is 4.79 Å². The number of rotatable bonds is 6. The van der Waals surface area contributed by atoms with Crippen molar-refractivity contribution in [3.63, 3.8) is 0 Å². The first kappa shape index (κ1) is 18.2. The van der Waals surface area contributed by atoms with Gasteiger partial charge in [0.2, 0.25) is 0 Å². The van der Waals surface area contributed by atoms with E-state index in [0.717, 1.165) is 26.9 Å². The number of nitrogens with one attached hydrogen (secondary N) is 1. The van der Waals surface area contributed by atoms with Gasteiger partial charge in [-0.1, -0.05) is 54.0 Å². The number of hydrazone groups is 1. The van der Waals surface area contributed by atoms with Crippen LogP contribution >= 0.6 is 15.9 Å². The van der Waals surface area contributed by atoms with Crippen molar-refractivity contribution in [3.05, 3.63) is 63.6 Å². The Morgan fingerprint density at radius 3 is 2.62 bits per heavy atom. The lowest BCUT2D eigenvalue weighted by Gasteiger charge is -2.14. The molecule has 0 radical (unpaired) electrons. The van der Waals surface area contributed by atoms with E-state index in [1.165, 1.54) is 0 Å². The molecule has 0 aliphatic carbocycles. The van der Waals surface area contributed by atoms with Crippen LogP contribution in [0.5, 0.6) is 5.75 Å². The maximum Gasteiger partial charge on any atom is 0.277 e. The molecule has 2 rings (SSSR count). The summed E-state index contributed by atoms with van der Waals surface area (Å²) in [7, 11) is 0. The topological polar surface area (TPSA) is 50.7 Å². The molecule has 2 aromatic carbocycles. The highest BCUT2D eigenvalue weighted by Gasteiger charge is 2.09. The number of nitrogens with zero attached hydrogens (tertiary/aromatic N) is 1. The third-order valence-corrected chi connectivity index (χ3v) is 3.95. The molecule has 0 fully saturated rings. The fraction of sp³-hybridized carbons (Fsp3) is 0.263. The molecule has 5 heteroatoms. The number of carbonyl (C=O) groups excluding carboxylic acids is 1. The van der Waals surface area contributed by atoms with Crippen LogP contribution in [0.4, 0.5) is 0 Å². The minimum absolute atomic E-state index is 0.0686. The second-order valence-corrected chi connectivity index (χ2v) is 6.75. The van der Waals surface area contributed by atoms with Gasteiger partial charge >= 0.3 is 0 Å². The molecule has 0 spiro atoms. The van der Waals surface area contributed by atoms with Crippen LogP contribution in [-0.2, 0) is 4.79 Å². The zero-order valence-corrected chi connectivity index (χ0v) is 15.6. The Labute approximate surface area is 151 Å². The predicted octanol–water partition coefficient (Wildman–Crippen LogP) is 4.41. The number of hydrogen-bond donors (Lipinski definition) is 1. The monoisotopic (exact) mass is 388 g/mol. The SMILES string of the molecule is Cc1ccc(C(C)C)c(OCC(=O)NN=Cc2ccc(Br)cc2)c1. The van der Waals surface area contributed by atoms with Crippen molar-refractivity contribution in [2.24, 2.45) is 5.10 Å². The molecule has 0 heterocycles. The Hall–Kier alpha value is -2.14. The van der Waals surface area contributed by atoms with Gasteiger partial charge in [-0.25, -0.2) is 5.43 Å². The molecule has 1 N–H and O–H groups in total. The van der Waals surface area contributed by atoms with Gasteiger partial charge in [-0.3, -0.25) is 4.79 Å². The van der Waals surface area contributed by atoms with Crippen LogP contribution in [0.15, 0.2) is 52.0 Å². The van der Waals surface area contributed by atoms with E-state index in [-0.39, 0.29) is 12.5 Å². The molecular formula is C19H21BrN2O2. The van der Waals surface area contributed by atoms with Crippen LogP contribution in [0.1, 0.15) is 36.5 Å². The zero-order valence-electron chi connectivity index (χ0n) is 14.0. The molecule has 126 valence electrons. The summed E-state index contributed by atoms with van der Waals surface area (Å²) < 4.78 is 6.66. The molecule has 4 nitrogen and oxygen atoms in total.